The molecule has 0 radical (unpaired) electrons. The van der Waals surface area contributed by atoms with Crippen LogP contribution < -0.4 is 10.6 Å². The number of pyridine rings is 1. The van der Waals surface area contributed by atoms with Crippen molar-refractivity contribution in [1.82, 2.24) is 10.1 Å². The van der Waals surface area contributed by atoms with E-state index >= 15 is 0 Å². The lowest BCUT2D eigenvalue weighted by Gasteiger charge is -2.21. The molecule has 6 heteroatoms. The zero-order valence-electron chi connectivity index (χ0n) is 16.7. The SMILES string of the molecule is Cc1cc(NC(=NC2CCCCC2)Nc2c(C)noc2C)c2ccccc2n1. The molecule has 1 fully saturated rings. The minimum absolute atomic E-state index is 0.332. The van der Waals surface area contributed by atoms with Gasteiger partial charge in [-0.15, -0.1) is 0 Å². The van der Waals surface area contributed by atoms with Crippen molar-refractivity contribution in [3.8, 4) is 0 Å². The minimum Gasteiger partial charge on any atom is -0.359 e. The predicted octanol–water partition coefficient (Wildman–Crippen LogP) is 5.36. The van der Waals surface area contributed by atoms with Crippen LogP contribution in [0.4, 0.5) is 11.4 Å². The molecular weight excluding hydrogens is 350 g/mol. The third-order valence-corrected chi connectivity index (χ3v) is 5.26. The number of fused-ring (bicyclic) bond motifs is 1. The van der Waals surface area contributed by atoms with Gasteiger partial charge in [-0.3, -0.25) is 4.98 Å². The number of nitrogens with zero attached hydrogens (tertiary/aromatic N) is 3. The fourth-order valence-corrected chi connectivity index (χ4v) is 3.81. The van der Waals surface area contributed by atoms with Gasteiger partial charge in [-0.2, -0.15) is 0 Å². The van der Waals surface area contributed by atoms with E-state index in [1.54, 1.807) is 0 Å². The molecule has 0 spiro atoms. The number of rotatable bonds is 3. The van der Waals surface area contributed by atoms with Crippen LogP contribution in [0.5, 0.6) is 0 Å². The Labute approximate surface area is 165 Å². The van der Waals surface area contributed by atoms with E-state index in [-0.39, 0.29) is 0 Å². The zero-order valence-corrected chi connectivity index (χ0v) is 16.7. The molecule has 28 heavy (non-hydrogen) atoms. The Balaban J connectivity index is 1.70. The van der Waals surface area contributed by atoms with Gasteiger partial charge in [0, 0.05) is 11.1 Å². The summed E-state index contributed by atoms with van der Waals surface area (Å²) in [6.07, 6.45) is 6.05. The van der Waals surface area contributed by atoms with Crippen LogP contribution in [0.3, 0.4) is 0 Å². The first-order valence-electron chi connectivity index (χ1n) is 10.0. The molecule has 4 rings (SSSR count). The largest absolute Gasteiger partial charge is 0.359 e. The summed E-state index contributed by atoms with van der Waals surface area (Å²) in [4.78, 5) is 9.67. The maximum Gasteiger partial charge on any atom is 0.200 e. The maximum atomic E-state index is 5.32. The number of benzene rings is 1. The van der Waals surface area contributed by atoms with E-state index in [2.05, 4.69) is 32.9 Å². The number of anilines is 2. The molecule has 1 aromatic carbocycles. The number of guanidine groups is 1. The molecule has 0 atom stereocenters. The van der Waals surface area contributed by atoms with Crippen LogP contribution >= 0.6 is 0 Å². The van der Waals surface area contributed by atoms with Crippen LogP contribution in [0.1, 0.15) is 49.3 Å². The van der Waals surface area contributed by atoms with E-state index in [1.165, 1.54) is 19.3 Å². The second-order valence-electron chi connectivity index (χ2n) is 7.55. The normalized spacial score (nSPS) is 15.8. The first-order valence-corrected chi connectivity index (χ1v) is 10.0. The third-order valence-electron chi connectivity index (χ3n) is 5.26. The molecule has 0 bridgehead atoms. The molecule has 2 heterocycles. The molecule has 146 valence electrons. The molecule has 0 aliphatic heterocycles. The summed E-state index contributed by atoms with van der Waals surface area (Å²) in [5.74, 6) is 1.49. The van der Waals surface area contributed by atoms with Crippen molar-refractivity contribution in [1.29, 1.82) is 0 Å². The standard InChI is InChI=1S/C22H27N5O/c1-14-13-20(18-11-7-8-12-19(18)23-14)25-22(24-17-9-5-4-6-10-17)26-21-15(2)27-28-16(21)3/h7-8,11-13,17H,4-6,9-10H2,1-3H3,(H2,23,24,25,26). The van der Waals surface area contributed by atoms with Crippen LogP contribution in [0, 0.1) is 20.8 Å². The van der Waals surface area contributed by atoms with E-state index in [0.29, 0.717) is 6.04 Å². The molecule has 1 aliphatic carbocycles. The van der Waals surface area contributed by atoms with E-state index in [4.69, 9.17) is 9.52 Å². The number of aryl methyl sites for hydroxylation is 3. The fourth-order valence-electron chi connectivity index (χ4n) is 3.81. The van der Waals surface area contributed by atoms with Gasteiger partial charge in [0.05, 0.1) is 17.2 Å². The number of para-hydroxylation sites is 1. The van der Waals surface area contributed by atoms with Gasteiger partial charge in [-0.1, -0.05) is 42.6 Å². The van der Waals surface area contributed by atoms with Crippen molar-refractivity contribution in [3.63, 3.8) is 0 Å². The molecule has 2 aromatic heterocycles. The van der Waals surface area contributed by atoms with Crippen molar-refractivity contribution in [2.45, 2.75) is 58.9 Å². The van der Waals surface area contributed by atoms with Crippen molar-refractivity contribution in [2.75, 3.05) is 10.6 Å². The summed E-state index contributed by atoms with van der Waals surface area (Å²) in [5.41, 5.74) is 4.63. The second kappa shape index (κ2) is 8.00. The highest BCUT2D eigenvalue weighted by atomic mass is 16.5. The van der Waals surface area contributed by atoms with Crippen molar-refractivity contribution < 1.29 is 4.52 Å². The van der Waals surface area contributed by atoms with E-state index < -0.39 is 0 Å². The molecule has 1 aliphatic rings. The van der Waals surface area contributed by atoms with Crippen LogP contribution in [-0.2, 0) is 0 Å². The average molecular weight is 377 g/mol. The lowest BCUT2D eigenvalue weighted by molar-refractivity contribution is 0.393. The first-order chi connectivity index (χ1) is 13.6. The summed E-state index contributed by atoms with van der Waals surface area (Å²) in [7, 11) is 0. The summed E-state index contributed by atoms with van der Waals surface area (Å²) >= 11 is 0. The van der Waals surface area contributed by atoms with Gasteiger partial charge in [-0.25, -0.2) is 4.99 Å². The van der Waals surface area contributed by atoms with E-state index in [1.807, 2.05) is 39.0 Å². The molecule has 3 aromatic rings. The smallest absolute Gasteiger partial charge is 0.200 e. The predicted molar refractivity (Wildman–Crippen MR) is 114 cm³/mol. The van der Waals surface area contributed by atoms with E-state index in [9.17, 15) is 0 Å². The maximum absolute atomic E-state index is 5.32. The molecular formula is C22H27N5O. The Morgan fingerprint density at radius 3 is 2.61 bits per heavy atom. The first kappa shape index (κ1) is 18.5. The molecule has 0 unspecified atom stereocenters. The van der Waals surface area contributed by atoms with Gasteiger partial charge < -0.3 is 15.2 Å². The summed E-state index contributed by atoms with van der Waals surface area (Å²) in [6.45, 7) is 5.85. The molecule has 0 amide bonds. The molecule has 0 saturated heterocycles. The van der Waals surface area contributed by atoms with Crippen molar-refractivity contribution in [3.05, 3.63) is 47.5 Å². The van der Waals surface area contributed by atoms with Crippen LogP contribution in [-0.4, -0.2) is 22.1 Å². The van der Waals surface area contributed by atoms with E-state index in [0.717, 1.165) is 58.2 Å². The lowest BCUT2D eigenvalue weighted by atomic mass is 9.96. The van der Waals surface area contributed by atoms with Gasteiger partial charge in [0.2, 0.25) is 5.96 Å². The van der Waals surface area contributed by atoms with Gasteiger partial charge >= 0.3 is 0 Å². The fraction of sp³-hybridized carbons (Fsp3) is 0.409. The van der Waals surface area contributed by atoms with Crippen LogP contribution in [0.15, 0.2) is 39.8 Å². The number of nitrogens with one attached hydrogen (secondary N) is 2. The number of hydrogen-bond acceptors (Lipinski definition) is 4. The quantitative estimate of drug-likeness (QED) is 0.475. The Bertz CT molecular complexity index is 982. The van der Waals surface area contributed by atoms with Gasteiger partial charge in [0.15, 0.2) is 5.76 Å². The lowest BCUT2D eigenvalue weighted by Crippen LogP contribution is -2.26. The molecule has 1 saturated carbocycles. The topological polar surface area (TPSA) is 75.3 Å². The van der Waals surface area contributed by atoms with Gasteiger partial charge in [-0.05, 0) is 45.7 Å². The highest BCUT2D eigenvalue weighted by molar-refractivity contribution is 6.08. The molecule has 2 N–H and O–H groups in total. The Hall–Kier alpha value is -2.89. The van der Waals surface area contributed by atoms with Gasteiger partial charge in [0.1, 0.15) is 11.4 Å². The minimum atomic E-state index is 0.332. The Morgan fingerprint density at radius 2 is 1.86 bits per heavy atom. The average Bonchev–Trinajstić information content (AvgIpc) is 3.00. The highest BCUT2D eigenvalue weighted by Gasteiger charge is 2.17. The summed E-state index contributed by atoms with van der Waals surface area (Å²) < 4.78 is 5.32. The summed E-state index contributed by atoms with van der Waals surface area (Å²) in [6, 6.07) is 10.6. The summed E-state index contributed by atoms with van der Waals surface area (Å²) in [5, 5.41) is 12.1. The Morgan fingerprint density at radius 1 is 1.07 bits per heavy atom. The van der Waals surface area contributed by atoms with Crippen LogP contribution in [0.25, 0.3) is 10.9 Å². The second-order valence-corrected chi connectivity index (χ2v) is 7.55. The zero-order chi connectivity index (χ0) is 19.5. The Kier molecular flexibility index (Phi) is 5.28. The number of aromatic nitrogens is 2. The van der Waals surface area contributed by atoms with Crippen LogP contribution in [0.2, 0.25) is 0 Å². The number of aliphatic imine (C=N–C) groups is 1. The monoisotopic (exact) mass is 377 g/mol. The van der Waals surface area contributed by atoms with Crippen molar-refractivity contribution >= 4 is 28.2 Å². The highest BCUT2D eigenvalue weighted by Crippen LogP contribution is 2.26. The van der Waals surface area contributed by atoms with Gasteiger partial charge in [0.25, 0.3) is 0 Å². The molecule has 6 nitrogen and oxygen atoms in total. The van der Waals surface area contributed by atoms with Crippen molar-refractivity contribution in [2.24, 2.45) is 4.99 Å². The third kappa shape index (κ3) is 4.01. The number of hydrogen-bond donors (Lipinski definition) is 2.